The van der Waals surface area contributed by atoms with Crippen LogP contribution < -0.4 is 14.8 Å². The molecular weight excluding hydrogens is 392 g/mol. The first kappa shape index (κ1) is 19.4. The fourth-order valence-electron chi connectivity index (χ4n) is 3.27. The number of nitrogens with one attached hydrogen (secondary N) is 1. The molecule has 29 heavy (non-hydrogen) atoms. The maximum Gasteiger partial charge on any atom is 0.338 e. The van der Waals surface area contributed by atoms with Crippen molar-refractivity contribution in [1.29, 1.82) is 0 Å². The van der Waals surface area contributed by atoms with Crippen LogP contribution in [0.4, 0.5) is 10.5 Å². The molecule has 7 nitrogen and oxygen atoms in total. The zero-order chi connectivity index (χ0) is 20.2. The number of thioether (sulfide) groups is 1. The molecule has 1 saturated heterocycles. The summed E-state index contributed by atoms with van der Waals surface area (Å²) in [4.78, 5) is 26.4. The second-order valence-electron chi connectivity index (χ2n) is 6.55. The number of anilines is 1. The Morgan fingerprint density at radius 3 is 2.66 bits per heavy atom. The van der Waals surface area contributed by atoms with E-state index in [1.807, 2.05) is 18.2 Å². The first-order chi connectivity index (χ1) is 14.2. The number of amides is 2. The Morgan fingerprint density at radius 2 is 1.90 bits per heavy atom. The van der Waals surface area contributed by atoms with Crippen molar-refractivity contribution in [3.05, 3.63) is 53.6 Å². The van der Waals surface area contributed by atoms with Crippen LogP contribution in [0, 0.1) is 0 Å². The quantitative estimate of drug-likeness (QED) is 0.765. The van der Waals surface area contributed by atoms with E-state index in [1.165, 1.54) is 0 Å². The third kappa shape index (κ3) is 4.27. The zero-order valence-electron chi connectivity index (χ0n) is 16.1. The lowest BCUT2D eigenvalue weighted by Crippen LogP contribution is -2.34. The van der Waals surface area contributed by atoms with Crippen molar-refractivity contribution in [3.8, 4) is 11.5 Å². The lowest BCUT2D eigenvalue weighted by atomic mass is 10.1. The van der Waals surface area contributed by atoms with Crippen LogP contribution in [0.1, 0.15) is 28.2 Å². The van der Waals surface area contributed by atoms with Gasteiger partial charge in [-0.25, -0.2) is 9.59 Å². The molecule has 2 aliphatic heterocycles. The van der Waals surface area contributed by atoms with Gasteiger partial charge < -0.3 is 24.4 Å². The first-order valence-corrected chi connectivity index (χ1v) is 10.6. The van der Waals surface area contributed by atoms with Crippen molar-refractivity contribution < 1.29 is 23.8 Å². The topological polar surface area (TPSA) is 77.1 Å². The molecule has 0 aromatic heterocycles. The van der Waals surface area contributed by atoms with E-state index in [4.69, 9.17) is 14.2 Å². The molecule has 0 bridgehead atoms. The fraction of sp³-hybridized carbons (Fsp3) is 0.333. The number of rotatable bonds is 4. The molecule has 2 aromatic carbocycles. The molecule has 4 rings (SSSR count). The fourth-order valence-corrected chi connectivity index (χ4v) is 4.51. The van der Waals surface area contributed by atoms with Gasteiger partial charge in [0.25, 0.3) is 0 Å². The van der Waals surface area contributed by atoms with E-state index in [0.29, 0.717) is 37.6 Å². The Kier molecular flexibility index (Phi) is 5.80. The van der Waals surface area contributed by atoms with Crippen molar-refractivity contribution in [2.45, 2.75) is 12.3 Å². The van der Waals surface area contributed by atoms with Crippen molar-refractivity contribution in [1.82, 2.24) is 4.90 Å². The Morgan fingerprint density at radius 1 is 1.14 bits per heavy atom. The van der Waals surface area contributed by atoms with Crippen molar-refractivity contribution in [2.75, 3.05) is 37.4 Å². The second-order valence-corrected chi connectivity index (χ2v) is 7.74. The van der Waals surface area contributed by atoms with Crippen molar-refractivity contribution in [3.63, 3.8) is 0 Å². The van der Waals surface area contributed by atoms with Gasteiger partial charge in [-0.15, -0.1) is 11.8 Å². The third-order valence-corrected chi connectivity index (χ3v) is 5.91. The molecule has 2 aliphatic rings. The average Bonchev–Trinajstić information content (AvgIpc) is 3.24. The van der Waals surface area contributed by atoms with Gasteiger partial charge in [-0.3, -0.25) is 0 Å². The molecule has 8 heteroatoms. The Bertz CT molecular complexity index is 902. The van der Waals surface area contributed by atoms with E-state index in [0.717, 1.165) is 22.8 Å². The summed E-state index contributed by atoms with van der Waals surface area (Å²) in [6, 6.07) is 12.3. The van der Waals surface area contributed by atoms with Crippen molar-refractivity contribution in [2.24, 2.45) is 0 Å². The number of ether oxygens (including phenoxy) is 3. The number of nitrogens with zero attached hydrogens (tertiary/aromatic N) is 1. The Labute approximate surface area is 173 Å². The van der Waals surface area contributed by atoms with Gasteiger partial charge in [-0.05, 0) is 48.9 Å². The molecule has 2 aromatic rings. The van der Waals surface area contributed by atoms with E-state index in [9.17, 15) is 9.59 Å². The number of benzene rings is 2. The molecule has 1 fully saturated rings. The number of esters is 1. The monoisotopic (exact) mass is 414 g/mol. The predicted octanol–water partition coefficient (Wildman–Crippen LogP) is 3.91. The van der Waals surface area contributed by atoms with E-state index in [2.05, 4.69) is 5.32 Å². The van der Waals surface area contributed by atoms with Crippen LogP contribution in [0.3, 0.4) is 0 Å². The second kappa shape index (κ2) is 8.65. The summed E-state index contributed by atoms with van der Waals surface area (Å²) in [6.07, 6.45) is 0. The van der Waals surface area contributed by atoms with Gasteiger partial charge in [0.1, 0.15) is 18.6 Å². The van der Waals surface area contributed by atoms with Gasteiger partial charge in [0, 0.05) is 18.0 Å². The van der Waals surface area contributed by atoms with E-state index in [1.54, 1.807) is 47.9 Å². The smallest absolute Gasteiger partial charge is 0.338 e. The maximum absolute atomic E-state index is 12.9. The highest BCUT2D eigenvalue weighted by Crippen LogP contribution is 2.41. The van der Waals surface area contributed by atoms with Gasteiger partial charge >= 0.3 is 12.0 Å². The van der Waals surface area contributed by atoms with Crippen LogP contribution in [0.5, 0.6) is 11.5 Å². The Balaban J connectivity index is 1.45. The number of carbonyl (C=O) groups is 2. The van der Waals surface area contributed by atoms with Crippen LogP contribution in [0.15, 0.2) is 42.5 Å². The third-order valence-electron chi connectivity index (χ3n) is 4.65. The van der Waals surface area contributed by atoms with Gasteiger partial charge in [0.05, 0.1) is 12.2 Å². The van der Waals surface area contributed by atoms with Gasteiger partial charge in [0.2, 0.25) is 0 Å². The molecule has 152 valence electrons. The molecule has 1 unspecified atom stereocenters. The number of hydrogen-bond donors (Lipinski definition) is 1. The highest BCUT2D eigenvalue weighted by atomic mass is 32.2. The summed E-state index contributed by atoms with van der Waals surface area (Å²) < 4.78 is 16.2. The van der Waals surface area contributed by atoms with Gasteiger partial charge in [-0.1, -0.05) is 6.07 Å². The summed E-state index contributed by atoms with van der Waals surface area (Å²) in [7, 11) is 0. The molecule has 0 aliphatic carbocycles. The molecule has 0 spiro atoms. The minimum absolute atomic E-state index is 0.0929. The summed E-state index contributed by atoms with van der Waals surface area (Å²) in [5, 5.41) is 2.82. The van der Waals surface area contributed by atoms with Crippen molar-refractivity contribution >= 4 is 29.4 Å². The maximum atomic E-state index is 12.9. The van der Waals surface area contributed by atoms with Crippen LogP contribution in [-0.4, -0.2) is 49.0 Å². The molecule has 2 amide bonds. The summed E-state index contributed by atoms with van der Waals surface area (Å²) in [5.74, 6) is 1.94. The number of urea groups is 1. The normalized spacial score (nSPS) is 17.7. The number of hydrogen-bond acceptors (Lipinski definition) is 6. The standard InChI is InChI=1S/C21H22N2O5S/c1-2-26-20(24)14-3-6-16(7-4-14)22-21(25)23-9-12-29-19(23)15-5-8-17-18(13-15)28-11-10-27-17/h3-8,13,19H,2,9-12H2,1H3,(H,22,25). The summed E-state index contributed by atoms with van der Waals surface area (Å²) >= 11 is 1.71. The lowest BCUT2D eigenvalue weighted by Gasteiger charge is -2.26. The minimum atomic E-state index is -0.375. The van der Waals surface area contributed by atoms with Crippen LogP contribution in [-0.2, 0) is 4.74 Å². The predicted molar refractivity (Wildman–Crippen MR) is 111 cm³/mol. The SMILES string of the molecule is CCOC(=O)c1ccc(NC(=O)N2CCSC2c2ccc3c(c2)OCCO3)cc1. The van der Waals surface area contributed by atoms with E-state index in [-0.39, 0.29) is 17.4 Å². The number of fused-ring (bicyclic) bond motifs is 1. The van der Waals surface area contributed by atoms with E-state index < -0.39 is 0 Å². The minimum Gasteiger partial charge on any atom is -0.486 e. The van der Waals surface area contributed by atoms with Crippen LogP contribution in [0.2, 0.25) is 0 Å². The first-order valence-electron chi connectivity index (χ1n) is 9.51. The molecule has 1 N–H and O–H groups in total. The molecule has 0 saturated carbocycles. The van der Waals surface area contributed by atoms with Crippen LogP contribution >= 0.6 is 11.8 Å². The molecule has 2 heterocycles. The molecule has 1 atom stereocenters. The lowest BCUT2D eigenvalue weighted by molar-refractivity contribution is 0.0526. The number of carbonyl (C=O) groups excluding carboxylic acids is 2. The average molecular weight is 414 g/mol. The summed E-state index contributed by atoms with van der Waals surface area (Å²) in [5.41, 5.74) is 2.08. The van der Waals surface area contributed by atoms with Gasteiger partial charge in [0.15, 0.2) is 11.5 Å². The highest BCUT2D eigenvalue weighted by molar-refractivity contribution is 7.99. The van der Waals surface area contributed by atoms with Gasteiger partial charge in [-0.2, -0.15) is 0 Å². The molecule has 0 radical (unpaired) electrons. The summed E-state index contributed by atoms with van der Waals surface area (Å²) in [6.45, 7) is 3.81. The zero-order valence-corrected chi connectivity index (χ0v) is 16.9. The molecular formula is C21H22N2O5S. The van der Waals surface area contributed by atoms with Crippen LogP contribution in [0.25, 0.3) is 0 Å². The van der Waals surface area contributed by atoms with E-state index >= 15 is 0 Å². The highest BCUT2D eigenvalue weighted by Gasteiger charge is 2.31. The largest absolute Gasteiger partial charge is 0.486 e. The Hall–Kier alpha value is -2.87.